The zero-order chi connectivity index (χ0) is 38.2. The van der Waals surface area contributed by atoms with Crippen molar-refractivity contribution in [1.29, 1.82) is 5.26 Å². The van der Waals surface area contributed by atoms with Gasteiger partial charge in [0.2, 0.25) is 10.0 Å². The maximum absolute atomic E-state index is 14.4. The molecule has 0 saturated carbocycles. The zero-order valence-corrected chi connectivity index (χ0v) is 30.5. The van der Waals surface area contributed by atoms with Crippen molar-refractivity contribution in [2.75, 3.05) is 57.2 Å². The minimum Gasteiger partial charge on any atom is -0.491 e. The molecule has 19 heteroatoms. The van der Waals surface area contributed by atoms with Crippen LogP contribution >= 0.6 is 22.9 Å². The molecule has 278 valence electrons. The van der Waals surface area contributed by atoms with Gasteiger partial charge in [-0.2, -0.15) is 18.4 Å². The van der Waals surface area contributed by atoms with Crippen LogP contribution in [0.15, 0.2) is 46.7 Å². The molecule has 1 aliphatic rings. The van der Waals surface area contributed by atoms with E-state index in [-0.39, 0.29) is 73.7 Å². The highest BCUT2D eigenvalue weighted by Gasteiger charge is 2.39. The van der Waals surface area contributed by atoms with Gasteiger partial charge >= 0.3 is 6.18 Å². The number of ether oxygens (including phenoxy) is 1. The Morgan fingerprint density at radius 2 is 1.87 bits per heavy atom. The number of amides is 1. The number of carbonyl (C=O) groups excluding carboxylic acids is 1. The number of pyridine rings is 1. The fourth-order valence-electron chi connectivity index (χ4n) is 6.33. The SMILES string of the molecule is Cc1nc2cc(C(F)(F)F)c(N3CCN(CCF)CC3)c(C#N)c2c(=O)n1CCOc1ccc(Cl)cc1-c1ccnc2c(C(=O)NS(C)(=O)=O)csc12. The first-order valence-corrected chi connectivity index (χ1v) is 19.2. The summed E-state index contributed by atoms with van der Waals surface area (Å²) < 4.78 is 89.4. The van der Waals surface area contributed by atoms with E-state index in [9.17, 15) is 40.8 Å². The molecule has 2 aromatic carbocycles. The van der Waals surface area contributed by atoms with Gasteiger partial charge in [-0.25, -0.2) is 22.5 Å². The third-order valence-electron chi connectivity index (χ3n) is 8.70. The van der Waals surface area contributed by atoms with Crippen LogP contribution in [0.5, 0.6) is 5.75 Å². The first kappa shape index (κ1) is 37.9. The lowest BCUT2D eigenvalue weighted by atomic mass is 10.00. The van der Waals surface area contributed by atoms with Gasteiger partial charge in [-0.3, -0.25) is 24.0 Å². The number of thiophene rings is 1. The van der Waals surface area contributed by atoms with Gasteiger partial charge in [0.1, 0.15) is 30.9 Å². The fourth-order valence-corrected chi connectivity index (χ4v) is 7.98. The standard InChI is InChI=1S/C34H30ClF4N7O5S2/c1-19-42-26-16-25(34(37,38)39)30(45-11-9-44(8-6-36)10-12-45)23(17-40)28(26)33(48)46(19)13-14-51-27-4-3-20(35)15-22(27)21-5-7-41-29-24(18-52-31(21)29)32(47)43-53(2,49)50/h3-5,7,15-16,18H,6,8-14H2,1-2H3,(H,43,47). The highest BCUT2D eigenvalue weighted by Crippen LogP contribution is 2.42. The lowest BCUT2D eigenvalue weighted by Gasteiger charge is -2.37. The molecule has 53 heavy (non-hydrogen) atoms. The highest BCUT2D eigenvalue weighted by molar-refractivity contribution is 7.89. The number of carbonyl (C=O) groups is 1. The number of nitrogens with zero attached hydrogens (tertiary/aromatic N) is 6. The molecule has 0 bridgehead atoms. The van der Waals surface area contributed by atoms with Crippen LogP contribution in [-0.2, 0) is 22.7 Å². The van der Waals surface area contributed by atoms with Crippen molar-refractivity contribution < 1.29 is 35.5 Å². The number of nitrogens with one attached hydrogen (secondary N) is 1. The van der Waals surface area contributed by atoms with Crippen LogP contribution in [0.2, 0.25) is 5.02 Å². The molecule has 12 nitrogen and oxygen atoms in total. The second-order valence-corrected chi connectivity index (χ2v) is 15.2. The van der Waals surface area contributed by atoms with Gasteiger partial charge in [0.15, 0.2) is 0 Å². The number of aromatic nitrogens is 3. The number of sulfonamides is 1. The number of piperazine rings is 1. The van der Waals surface area contributed by atoms with E-state index in [4.69, 9.17) is 16.3 Å². The van der Waals surface area contributed by atoms with E-state index >= 15 is 0 Å². The molecule has 3 aromatic heterocycles. The largest absolute Gasteiger partial charge is 0.491 e. The number of hydrogen-bond acceptors (Lipinski definition) is 11. The summed E-state index contributed by atoms with van der Waals surface area (Å²) in [6.07, 6.45) is -2.54. The molecule has 4 heterocycles. The van der Waals surface area contributed by atoms with E-state index < -0.39 is 51.2 Å². The number of anilines is 1. The van der Waals surface area contributed by atoms with E-state index in [1.54, 1.807) is 29.2 Å². The topological polar surface area (TPSA) is 151 Å². The van der Waals surface area contributed by atoms with Crippen molar-refractivity contribution in [1.82, 2.24) is 24.2 Å². The summed E-state index contributed by atoms with van der Waals surface area (Å²) in [4.78, 5) is 38.5. The Morgan fingerprint density at radius 3 is 2.53 bits per heavy atom. The fraction of sp³-hybridized carbons (Fsp3) is 0.324. The Bertz CT molecular complexity index is 2460. The third-order valence-corrected chi connectivity index (χ3v) is 10.5. The van der Waals surface area contributed by atoms with E-state index in [0.717, 1.165) is 23.7 Å². The first-order chi connectivity index (χ1) is 25.1. The Kier molecular flexibility index (Phi) is 10.7. The summed E-state index contributed by atoms with van der Waals surface area (Å²) in [7, 11) is -3.83. The van der Waals surface area contributed by atoms with Gasteiger partial charge in [0.25, 0.3) is 11.5 Å². The number of rotatable bonds is 10. The average Bonchev–Trinajstić information content (AvgIpc) is 3.54. The number of hydrogen-bond donors (Lipinski definition) is 1. The minimum absolute atomic E-state index is 0.0572. The molecule has 0 unspecified atom stereocenters. The van der Waals surface area contributed by atoms with Crippen molar-refractivity contribution in [3.05, 3.63) is 79.8 Å². The van der Waals surface area contributed by atoms with Crippen molar-refractivity contribution in [3.63, 3.8) is 0 Å². The highest BCUT2D eigenvalue weighted by atomic mass is 35.5. The molecule has 5 aromatic rings. The maximum Gasteiger partial charge on any atom is 0.418 e. The molecule has 0 radical (unpaired) electrons. The second-order valence-electron chi connectivity index (χ2n) is 12.2. The molecular weight excluding hydrogens is 762 g/mol. The van der Waals surface area contributed by atoms with Gasteiger partial charge in [-0.05, 0) is 37.3 Å². The molecule has 1 amide bonds. The summed E-state index contributed by atoms with van der Waals surface area (Å²) in [5.41, 5.74) is -1.52. The van der Waals surface area contributed by atoms with Gasteiger partial charge in [-0.15, -0.1) is 11.3 Å². The number of alkyl halides is 4. The Hall–Kier alpha value is -4.83. The predicted molar refractivity (Wildman–Crippen MR) is 193 cm³/mol. The van der Waals surface area contributed by atoms with Crippen LogP contribution in [0.1, 0.15) is 27.3 Å². The number of benzene rings is 2. The van der Waals surface area contributed by atoms with Crippen molar-refractivity contribution >= 4 is 65.7 Å². The normalized spacial score (nSPS) is 14.1. The summed E-state index contributed by atoms with van der Waals surface area (Å²) in [6.45, 7) is 1.55. The van der Waals surface area contributed by atoms with Crippen LogP contribution in [0.3, 0.4) is 0 Å². The number of fused-ring (bicyclic) bond motifs is 2. The summed E-state index contributed by atoms with van der Waals surface area (Å²) >= 11 is 7.52. The van der Waals surface area contributed by atoms with Crippen LogP contribution in [-0.4, -0.2) is 86.0 Å². The summed E-state index contributed by atoms with van der Waals surface area (Å²) in [5, 5.41) is 11.8. The van der Waals surface area contributed by atoms with Crippen molar-refractivity contribution in [2.24, 2.45) is 0 Å². The number of halogens is 5. The van der Waals surface area contributed by atoms with Gasteiger partial charge in [0.05, 0.1) is 56.3 Å². The van der Waals surface area contributed by atoms with Crippen molar-refractivity contribution in [2.45, 2.75) is 19.6 Å². The number of aryl methyl sites for hydroxylation is 1. The van der Waals surface area contributed by atoms with Crippen LogP contribution < -0.4 is 19.9 Å². The van der Waals surface area contributed by atoms with E-state index in [0.29, 0.717) is 26.6 Å². The summed E-state index contributed by atoms with van der Waals surface area (Å²) in [5.74, 6) is -0.409. The molecule has 1 saturated heterocycles. The van der Waals surface area contributed by atoms with Gasteiger partial charge in [-0.1, -0.05) is 11.6 Å². The second kappa shape index (κ2) is 14.9. The zero-order valence-electron chi connectivity index (χ0n) is 28.1. The van der Waals surface area contributed by atoms with Crippen LogP contribution in [0.4, 0.5) is 23.2 Å². The molecule has 1 N–H and O–H groups in total. The Balaban J connectivity index is 1.34. The Morgan fingerprint density at radius 1 is 1.13 bits per heavy atom. The van der Waals surface area contributed by atoms with Gasteiger partial charge in [0, 0.05) is 60.5 Å². The number of nitriles is 1. The molecule has 0 aliphatic carbocycles. The van der Waals surface area contributed by atoms with E-state index in [1.165, 1.54) is 28.0 Å². The van der Waals surface area contributed by atoms with Crippen LogP contribution in [0, 0.1) is 18.3 Å². The quantitative estimate of drug-likeness (QED) is 0.183. The molecule has 1 aliphatic heterocycles. The maximum atomic E-state index is 14.4. The van der Waals surface area contributed by atoms with E-state index in [1.807, 2.05) is 10.8 Å². The molecule has 6 rings (SSSR count). The van der Waals surface area contributed by atoms with Crippen molar-refractivity contribution in [3.8, 4) is 22.9 Å². The predicted octanol–water partition coefficient (Wildman–Crippen LogP) is 5.39. The van der Waals surface area contributed by atoms with Gasteiger partial charge < -0.3 is 9.64 Å². The smallest absolute Gasteiger partial charge is 0.418 e. The minimum atomic E-state index is -4.85. The Labute approximate surface area is 309 Å². The molecular formula is C34H30ClF4N7O5S2. The third kappa shape index (κ3) is 7.79. The lowest BCUT2D eigenvalue weighted by molar-refractivity contribution is -0.137. The average molecular weight is 792 g/mol. The monoisotopic (exact) mass is 791 g/mol. The molecule has 0 spiro atoms. The summed E-state index contributed by atoms with van der Waals surface area (Å²) in [6, 6.07) is 9.14. The first-order valence-electron chi connectivity index (χ1n) is 16.0. The van der Waals surface area contributed by atoms with E-state index in [2.05, 4.69) is 9.97 Å². The van der Waals surface area contributed by atoms with Crippen LogP contribution in [0.25, 0.3) is 32.2 Å². The molecule has 0 atom stereocenters. The lowest BCUT2D eigenvalue weighted by Crippen LogP contribution is -2.47. The molecule has 1 fully saturated rings.